The molecule has 0 atom stereocenters. The van der Waals surface area contributed by atoms with Crippen molar-refractivity contribution in [1.29, 1.82) is 0 Å². The minimum absolute atomic E-state index is 0.196. The number of aromatic nitrogens is 2. The molecule has 13 heteroatoms. The lowest BCUT2D eigenvalue weighted by Crippen LogP contribution is -2.27. The van der Waals surface area contributed by atoms with E-state index in [4.69, 9.17) is 48.6 Å². The molecule has 1 aromatic heterocycles. The van der Waals surface area contributed by atoms with Crippen LogP contribution < -0.4 is 39.5 Å². The van der Waals surface area contributed by atoms with E-state index in [-0.39, 0.29) is 5.91 Å². The maximum Gasteiger partial charge on any atom is 0.251 e. The van der Waals surface area contributed by atoms with Crippen LogP contribution in [0.3, 0.4) is 0 Å². The van der Waals surface area contributed by atoms with Crippen molar-refractivity contribution in [2.45, 2.75) is 6.54 Å². The van der Waals surface area contributed by atoms with E-state index in [1.807, 2.05) is 78.9 Å². The number of hydrogen-bond acceptors (Lipinski definition) is 11. The number of nitrogens with zero attached hydrogens (tertiary/aromatic N) is 2. The van der Waals surface area contributed by atoms with Crippen molar-refractivity contribution in [2.75, 3.05) is 82.2 Å². The van der Waals surface area contributed by atoms with Crippen LogP contribution in [-0.2, 0) is 16.0 Å². The van der Waals surface area contributed by atoms with E-state index in [1.165, 1.54) is 0 Å². The second kappa shape index (κ2) is 19.4. The van der Waals surface area contributed by atoms with Crippen LogP contribution >= 0.6 is 0 Å². The summed E-state index contributed by atoms with van der Waals surface area (Å²) < 4.78 is 46.8. The molecule has 4 aromatic carbocycles. The van der Waals surface area contributed by atoms with Gasteiger partial charge in [-0.1, -0.05) is 12.1 Å². The first kappa shape index (κ1) is 39.4. The number of carbonyl (C=O) groups is 1. The molecule has 0 saturated heterocycles. The smallest absolute Gasteiger partial charge is 0.251 e. The van der Waals surface area contributed by atoms with Crippen LogP contribution in [0.1, 0.15) is 15.9 Å². The third kappa shape index (κ3) is 9.42. The summed E-state index contributed by atoms with van der Waals surface area (Å²) in [5, 5.41) is 2.91. The summed E-state index contributed by atoms with van der Waals surface area (Å²) in [5.74, 6) is 3.98. The number of hydrogen-bond donors (Lipinski definition) is 2. The van der Waals surface area contributed by atoms with Gasteiger partial charge in [0.05, 0.1) is 80.5 Å². The molecule has 0 unspecified atom stereocenters. The van der Waals surface area contributed by atoms with Gasteiger partial charge in [-0.25, -0.2) is 4.98 Å². The fourth-order valence-corrected chi connectivity index (χ4v) is 5.91. The quantitative estimate of drug-likeness (QED) is 0.0947. The number of nitrogens with two attached hydrogens (primary N) is 1. The zero-order valence-electron chi connectivity index (χ0n) is 31.6. The van der Waals surface area contributed by atoms with E-state index >= 15 is 0 Å². The predicted octanol–water partition coefficient (Wildman–Crippen LogP) is 5.71. The number of carbonyl (C=O) groups excluding carboxylic acids is 1. The summed E-state index contributed by atoms with van der Waals surface area (Å²) in [7, 11) is 9.63. The van der Waals surface area contributed by atoms with E-state index in [1.54, 1.807) is 42.7 Å². The highest BCUT2D eigenvalue weighted by atomic mass is 16.5. The molecule has 0 spiro atoms. The summed E-state index contributed by atoms with van der Waals surface area (Å²) in [6.45, 7) is 2.98. The van der Waals surface area contributed by atoms with E-state index in [2.05, 4.69) is 9.88 Å². The van der Waals surface area contributed by atoms with Crippen LogP contribution in [0.25, 0.3) is 33.9 Å². The van der Waals surface area contributed by atoms with Gasteiger partial charge in [0.15, 0.2) is 23.0 Å². The lowest BCUT2D eigenvalue weighted by Gasteiger charge is -2.17. The van der Waals surface area contributed by atoms with Gasteiger partial charge in [0.1, 0.15) is 17.3 Å². The standard InChI is InChI=1S/C41H48N4O9/c1-47-32-21-31(22-33(25-32)48-2)40-44-38(29-11-13-34(49-3)36(23-29)51-5)39(30-12-14-35(50-4)37(24-30)52-6)45(40)26-27-7-9-28(10-8-27)41(46)43-16-18-54-20-19-53-17-15-42/h7-14,21-25H,15-20,26,42H2,1-6H3,(H,43,46). The monoisotopic (exact) mass is 740 g/mol. The van der Waals surface area contributed by atoms with Crippen LogP contribution in [0.2, 0.25) is 0 Å². The average molecular weight is 741 g/mol. The van der Waals surface area contributed by atoms with Gasteiger partial charge in [-0.05, 0) is 66.2 Å². The molecule has 0 fully saturated rings. The highest BCUT2D eigenvalue weighted by Crippen LogP contribution is 2.43. The Morgan fingerprint density at radius 2 is 1.20 bits per heavy atom. The molecular formula is C41H48N4O9. The zero-order chi connectivity index (χ0) is 38.5. The van der Waals surface area contributed by atoms with Crippen LogP contribution in [0.15, 0.2) is 78.9 Å². The number of amides is 1. The van der Waals surface area contributed by atoms with Crippen molar-refractivity contribution in [3.05, 3.63) is 90.0 Å². The average Bonchev–Trinajstić information content (AvgIpc) is 3.59. The van der Waals surface area contributed by atoms with Crippen molar-refractivity contribution < 1.29 is 42.7 Å². The second-order valence-electron chi connectivity index (χ2n) is 11.9. The summed E-state index contributed by atoms with van der Waals surface area (Å²) in [5.41, 5.74) is 10.8. The lowest BCUT2D eigenvalue weighted by molar-refractivity contribution is 0.0511. The van der Waals surface area contributed by atoms with Gasteiger partial charge in [0.2, 0.25) is 0 Å². The summed E-state index contributed by atoms with van der Waals surface area (Å²) >= 11 is 0. The Hall–Kier alpha value is -5.76. The van der Waals surface area contributed by atoms with Gasteiger partial charge in [0.25, 0.3) is 5.91 Å². The van der Waals surface area contributed by atoms with Crippen molar-refractivity contribution in [1.82, 2.24) is 14.9 Å². The van der Waals surface area contributed by atoms with Crippen molar-refractivity contribution >= 4 is 5.91 Å². The summed E-state index contributed by atoms with van der Waals surface area (Å²) in [6, 6.07) is 24.6. The Kier molecular flexibility index (Phi) is 14.1. The molecule has 3 N–H and O–H groups in total. The molecule has 1 amide bonds. The van der Waals surface area contributed by atoms with Gasteiger partial charge < -0.3 is 53.5 Å². The maximum atomic E-state index is 13.0. The number of nitrogens with one attached hydrogen (secondary N) is 1. The number of ether oxygens (including phenoxy) is 8. The SMILES string of the molecule is COc1cc(OC)cc(-c2nc(-c3ccc(OC)c(OC)c3)c(-c3ccc(OC)c(OC)c3)n2Cc2ccc(C(=O)NCCOCCOCCN)cc2)c1. The largest absolute Gasteiger partial charge is 0.497 e. The third-order valence-electron chi connectivity index (χ3n) is 8.61. The van der Waals surface area contributed by atoms with Crippen molar-refractivity contribution in [2.24, 2.45) is 5.73 Å². The molecular weight excluding hydrogens is 692 g/mol. The Morgan fingerprint density at radius 3 is 1.78 bits per heavy atom. The van der Waals surface area contributed by atoms with Crippen LogP contribution in [0.5, 0.6) is 34.5 Å². The molecule has 13 nitrogen and oxygen atoms in total. The number of rotatable bonds is 20. The molecule has 0 aliphatic rings. The van der Waals surface area contributed by atoms with Crippen molar-refractivity contribution in [3.63, 3.8) is 0 Å². The predicted molar refractivity (Wildman–Crippen MR) is 206 cm³/mol. The van der Waals surface area contributed by atoms with E-state index in [0.717, 1.165) is 27.9 Å². The molecule has 0 saturated carbocycles. The van der Waals surface area contributed by atoms with Crippen molar-refractivity contribution in [3.8, 4) is 68.4 Å². The fourth-order valence-electron chi connectivity index (χ4n) is 5.91. The molecule has 54 heavy (non-hydrogen) atoms. The highest BCUT2D eigenvalue weighted by molar-refractivity contribution is 5.94. The van der Waals surface area contributed by atoms with Gasteiger partial charge in [0, 0.05) is 48.0 Å². The molecule has 1 heterocycles. The Balaban J connectivity index is 1.59. The molecule has 5 rings (SSSR count). The fraction of sp³-hybridized carbons (Fsp3) is 0.317. The first-order valence-corrected chi connectivity index (χ1v) is 17.4. The van der Waals surface area contributed by atoms with Crippen LogP contribution in [0.4, 0.5) is 0 Å². The molecule has 0 aliphatic carbocycles. The highest BCUT2D eigenvalue weighted by Gasteiger charge is 2.24. The molecule has 0 aliphatic heterocycles. The normalized spacial score (nSPS) is 10.9. The Morgan fingerprint density at radius 1 is 0.630 bits per heavy atom. The van der Waals surface area contributed by atoms with Gasteiger partial charge in [-0.15, -0.1) is 0 Å². The minimum Gasteiger partial charge on any atom is -0.497 e. The van der Waals surface area contributed by atoms with Gasteiger partial charge >= 0.3 is 0 Å². The molecule has 0 bridgehead atoms. The van der Waals surface area contributed by atoms with E-state index < -0.39 is 0 Å². The number of benzene rings is 4. The van der Waals surface area contributed by atoms with Gasteiger partial charge in [-0.3, -0.25) is 4.79 Å². The van der Waals surface area contributed by atoms with Gasteiger partial charge in [-0.2, -0.15) is 0 Å². The third-order valence-corrected chi connectivity index (χ3v) is 8.61. The second-order valence-corrected chi connectivity index (χ2v) is 11.9. The Bertz CT molecular complexity index is 1970. The Labute approximate surface area is 315 Å². The summed E-state index contributed by atoms with van der Waals surface area (Å²) in [6.07, 6.45) is 0. The zero-order valence-corrected chi connectivity index (χ0v) is 31.6. The lowest BCUT2D eigenvalue weighted by atomic mass is 10.0. The molecule has 5 aromatic rings. The van der Waals surface area contributed by atoms with E-state index in [0.29, 0.717) is 97.6 Å². The first-order chi connectivity index (χ1) is 26.4. The number of methoxy groups -OCH3 is 6. The van der Waals surface area contributed by atoms with E-state index in [9.17, 15) is 4.79 Å². The van der Waals surface area contributed by atoms with Crippen LogP contribution in [0, 0.1) is 0 Å². The first-order valence-electron chi connectivity index (χ1n) is 17.4. The number of imidazole rings is 1. The molecule has 286 valence electrons. The maximum absolute atomic E-state index is 13.0. The van der Waals surface area contributed by atoms with Crippen LogP contribution in [-0.4, -0.2) is 97.6 Å². The minimum atomic E-state index is -0.196. The molecule has 0 radical (unpaired) electrons. The topological polar surface area (TPSA) is 147 Å². The summed E-state index contributed by atoms with van der Waals surface area (Å²) in [4.78, 5) is 18.3.